The van der Waals surface area contributed by atoms with E-state index in [0.717, 1.165) is 54.4 Å². The number of carbonyl (C=O) groups is 3. The molecule has 0 N–H and O–H groups in total. The van der Waals surface area contributed by atoms with Crippen molar-refractivity contribution in [3.05, 3.63) is 64.3 Å². The summed E-state index contributed by atoms with van der Waals surface area (Å²) in [5.41, 5.74) is 5.43. The number of allylic oxidation sites excluding steroid dienone is 6. The largest absolute Gasteiger partial charge is 0.294 e. The molecule has 3 aliphatic carbocycles. The highest BCUT2D eigenvalue weighted by Gasteiger charge is 2.32. The minimum atomic E-state index is -0.387. The zero-order valence-electron chi connectivity index (χ0n) is 21.9. The second kappa shape index (κ2) is 11.0. The minimum absolute atomic E-state index is 0.0581. The van der Waals surface area contributed by atoms with E-state index in [9.17, 15) is 14.4 Å². The monoisotopic (exact) mass is 472 g/mol. The first-order valence-corrected chi connectivity index (χ1v) is 13.6. The molecule has 0 amide bonds. The predicted molar refractivity (Wildman–Crippen MR) is 142 cm³/mol. The highest BCUT2D eigenvalue weighted by Crippen LogP contribution is 2.38. The number of fused-ring (bicyclic) bond motifs is 1. The molecule has 1 fully saturated rings. The number of aryl methyl sites for hydroxylation is 1. The van der Waals surface area contributed by atoms with Gasteiger partial charge in [-0.2, -0.15) is 0 Å². The van der Waals surface area contributed by atoms with Crippen LogP contribution < -0.4 is 0 Å². The Hall–Kier alpha value is -2.55. The molecule has 3 heteroatoms. The first-order valence-electron chi connectivity index (χ1n) is 13.6. The molecule has 0 aromatic heterocycles. The van der Waals surface area contributed by atoms with Crippen LogP contribution in [0, 0.1) is 30.6 Å². The van der Waals surface area contributed by atoms with Gasteiger partial charge in [0, 0.05) is 23.0 Å². The van der Waals surface area contributed by atoms with E-state index in [4.69, 9.17) is 0 Å². The average Bonchev–Trinajstić information content (AvgIpc) is 3.27. The lowest BCUT2D eigenvalue weighted by molar-refractivity contribution is -0.136. The maximum absolute atomic E-state index is 13.6. The van der Waals surface area contributed by atoms with E-state index in [-0.39, 0.29) is 29.2 Å². The topological polar surface area (TPSA) is 51.2 Å². The van der Waals surface area contributed by atoms with E-state index in [2.05, 4.69) is 31.2 Å². The first-order chi connectivity index (χ1) is 16.8. The molecule has 35 heavy (non-hydrogen) atoms. The molecule has 3 aliphatic rings. The number of ketones is 3. The van der Waals surface area contributed by atoms with E-state index in [0.29, 0.717) is 36.7 Å². The zero-order valence-corrected chi connectivity index (χ0v) is 21.9. The molecule has 3 nitrogen and oxygen atoms in total. The lowest BCUT2D eigenvalue weighted by Crippen LogP contribution is -2.25. The third-order valence-corrected chi connectivity index (χ3v) is 8.58. The summed E-state index contributed by atoms with van der Waals surface area (Å²) in [4.78, 5) is 39.4. The summed E-state index contributed by atoms with van der Waals surface area (Å²) < 4.78 is 0. The lowest BCUT2D eigenvalue weighted by Gasteiger charge is -2.30. The summed E-state index contributed by atoms with van der Waals surface area (Å²) in [7, 11) is 0. The molecule has 0 saturated heterocycles. The number of hydrogen-bond donors (Lipinski definition) is 0. The van der Waals surface area contributed by atoms with Crippen LogP contribution in [0.2, 0.25) is 0 Å². The van der Waals surface area contributed by atoms with Gasteiger partial charge in [-0.05, 0) is 106 Å². The molecule has 1 saturated carbocycles. The third kappa shape index (κ3) is 5.50. The Bertz CT molecular complexity index is 1090. The highest BCUT2D eigenvalue weighted by molar-refractivity contribution is 6.54. The van der Waals surface area contributed by atoms with Gasteiger partial charge in [-0.1, -0.05) is 49.8 Å². The molecule has 186 valence electrons. The van der Waals surface area contributed by atoms with Crippen molar-refractivity contribution >= 4 is 22.9 Å². The summed E-state index contributed by atoms with van der Waals surface area (Å²) >= 11 is 0. The SMILES string of the molecule is CCC(CC)C(=O)C(=O)C1=CCc2cc(C)c(C(=O)C3CCC(CC4C=CC(C)=CC4)CC3)cc21. The van der Waals surface area contributed by atoms with Crippen LogP contribution in [0.3, 0.4) is 0 Å². The maximum Gasteiger partial charge on any atom is 0.229 e. The number of Topliss-reactive ketones (excluding diaryl/α,β-unsaturated/α-hetero) is 3. The van der Waals surface area contributed by atoms with Gasteiger partial charge < -0.3 is 0 Å². The Labute approximate surface area is 210 Å². The highest BCUT2D eigenvalue weighted by atomic mass is 16.2. The number of benzene rings is 1. The van der Waals surface area contributed by atoms with Gasteiger partial charge in [0.15, 0.2) is 5.78 Å². The Kier molecular flexibility index (Phi) is 8.04. The van der Waals surface area contributed by atoms with E-state index in [1.165, 1.54) is 12.0 Å². The van der Waals surface area contributed by atoms with Crippen LogP contribution in [0.4, 0.5) is 0 Å². The second-order valence-corrected chi connectivity index (χ2v) is 11.0. The molecular weight excluding hydrogens is 432 g/mol. The van der Waals surface area contributed by atoms with E-state index >= 15 is 0 Å². The summed E-state index contributed by atoms with van der Waals surface area (Å²) in [6.07, 6.45) is 17.3. The molecule has 1 atom stereocenters. The molecule has 4 rings (SSSR count). The van der Waals surface area contributed by atoms with Gasteiger partial charge in [-0.3, -0.25) is 14.4 Å². The number of carbonyl (C=O) groups excluding carboxylic acids is 3. The molecule has 0 radical (unpaired) electrons. The zero-order chi connectivity index (χ0) is 25.1. The van der Waals surface area contributed by atoms with Crippen molar-refractivity contribution in [2.75, 3.05) is 0 Å². The van der Waals surface area contributed by atoms with Crippen LogP contribution in [-0.4, -0.2) is 17.3 Å². The lowest BCUT2D eigenvalue weighted by atomic mass is 9.74. The van der Waals surface area contributed by atoms with Gasteiger partial charge in [0.05, 0.1) is 0 Å². The van der Waals surface area contributed by atoms with Crippen LogP contribution in [-0.2, 0) is 16.0 Å². The third-order valence-electron chi connectivity index (χ3n) is 8.58. The fraction of sp³-hybridized carbons (Fsp3) is 0.531. The minimum Gasteiger partial charge on any atom is -0.294 e. The number of hydrogen-bond acceptors (Lipinski definition) is 3. The standard InChI is InChI=1S/C32H40O3/c1-5-24(6-2)31(34)32(35)27-16-15-26-17-21(4)28(19-29(26)27)30(33)25-13-11-23(12-14-25)18-22-9-7-20(3)8-10-22/h7-9,16-17,19,22-25H,5-6,10-15,18H2,1-4H3. The average molecular weight is 473 g/mol. The molecule has 1 aromatic rings. The molecule has 1 aromatic carbocycles. The van der Waals surface area contributed by atoms with Crippen LogP contribution in [0.5, 0.6) is 0 Å². The van der Waals surface area contributed by atoms with E-state index in [1.54, 1.807) is 0 Å². The molecule has 0 aliphatic heterocycles. The van der Waals surface area contributed by atoms with Gasteiger partial charge >= 0.3 is 0 Å². The van der Waals surface area contributed by atoms with Gasteiger partial charge in [0.25, 0.3) is 0 Å². The van der Waals surface area contributed by atoms with E-state index < -0.39 is 0 Å². The molecule has 1 unspecified atom stereocenters. The predicted octanol–water partition coefficient (Wildman–Crippen LogP) is 7.41. The van der Waals surface area contributed by atoms with Crippen molar-refractivity contribution in [3.8, 4) is 0 Å². The van der Waals surface area contributed by atoms with Crippen LogP contribution >= 0.6 is 0 Å². The summed E-state index contributed by atoms with van der Waals surface area (Å²) in [5.74, 6) is 0.706. The Morgan fingerprint density at radius 1 is 0.971 bits per heavy atom. The second-order valence-electron chi connectivity index (χ2n) is 11.0. The van der Waals surface area contributed by atoms with Gasteiger partial charge in [0.2, 0.25) is 11.6 Å². The Balaban J connectivity index is 1.43. The maximum atomic E-state index is 13.6. The summed E-state index contributed by atoms with van der Waals surface area (Å²) in [6, 6.07) is 3.97. The molecule has 0 heterocycles. The quantitative estimate of drug-likeness (QED) is 0.278. The van der Waals surface area contributed by atoms with Crippen LogP contribution in [0.15, 0.2) is 42.0 Å². The van der Waals surface area contributed by atoms with Crippen molar-refractivity contribution in [1.82, 2.24) is 0 Å². The summed E-state index contributed by atoms with van der Waals surface area (Å²) in [6.45, 7) is 8.06. The smallest absolute Gasteiger partial charge is 0.229 e. The normalized spacial score (nSPS) is 23.6. The fourth-order valence-electron chi connectivity index (χ4n) is 6.22. The molecular formula is C32H40O3. The Morgan fingerprint density at radius 2 is 1.69 bits per heavy atom. The van der Waals surface area contributed by atoms with Gasteiger partial charge in [0.1, 0.15) is 0 Å². The van der Waals surface area contributed by atoms with Crippen molar-refractivity contribution in [2.45, 2.75) is 85.5 Å². The van der Waals surface area contributed by atoms with Crippen LogP contribution in [0.1, 0.15) is 99.2 Å². The van der Waals surface area contributed by atoms with Crippen LogP contribution in [0.25, 0.3) is 5.57 Å². The van der Waals surface area contributed by atoms with Crippen molar-refractivity contribution in [1.29, 1.82) is 0 Å². The molecule has 0 spiro atoms. The number of rotatable bonds is 9. The van der Waals surface area contributed by atoms with Gasteiger partial charge in [-0.25, -0.2) is 0 Å². The molecule has 0 bridgehead atoms. The van der Waals surface area contributed by atoms with Crippen molar-refractivity contribution < 1.29 is 14.4 Å². The fourth-order valence-corrected chi connectivity index (χ4v) is 6.22. The Morgan fingerprint density at radius 3 is 2.31 bits per heavy atom. The van der Waals surface area contributed by atoms with Gasteiger partial charge in [-0.15, -0.1) is 0 Å². The van der Waals surface area contributed by atoms with Crippen molar-refractivity contribution in [2.24, 2.45) is 23.7 Å². The van der Waals surface area contributed by atoms with E-state index in [1.807, 2.05) is 32.9 Å². The summed E-state index contributed by atoms with van der Waals surface area (Å²) in [5, 5.41) is 0. The van der Waals surface area contributed by atoms with Crippen molar-refractivity contribution in [3.63, 3.8) is 0 Å². The first kappa shape index (κ1) is 25.5.